The number of furan rings is 1. The lowest BCUT2D eigenvalue weighted by molar-refractivity contribution is 0.102. The zero-order valence-corrected chi connectivity index (χ0v) is 14.1. The highest BCUT2D eigenvalue weighted by Gasteiger charge is 2.23. The highest BCUT2D eigenvalue weighted by atomic mass is 19.1. The van der Waals surface area contributed by atoms with Gasteiger partial charge in [-0.25, -0.2) is 9.18 Å². The molecule has 7 heteroatoms. The van der Waals surface area contributed by atoms with Crippen molar-refractivity contribution < 1.29 is 18.4 Å². The predicted octanol–water partition coefficient (Wildman–Crippen LogP) is 3.85. The predicted molar refractivity (Wildman–Crippen MR) is 92.2 cm³/mol. The van der Waals surface area contributed by atoms with Gasteiger partial charge < -0.3 is 20.0 Å². The Bertz CT molecular complexity index is 803. The summed E-state index contributed by atoms with van der Waals surface area (Å²) in [5.41, 5.74) is 0.753. The quantitative estimate of drug-likeness (QED) is 0.887. The Hall–Kier alpha value is -2.83. The molecule has 1 fully saturated rings. The maximum absolute atomic E-state index is 14.0. The summed E-state index contributed by atoms with van der Waals surface area (Å²) in [5.74, 6) is -0.123. The molecule has 6 nitrogen and oxygen atoms in total. The van der Waals surface area contributed by atoms with Gasteiger partial charge in [0, 0.05) is 18.8 Å². The summed E-state index contributed by atoms with van der Waals surface area (Å²) in [6.07, 6.45) is 2.37. The van der Waals surface area contributed by atoms with Gasteiger partial charge in [-0.2, -0.15) is 0 Å². The largest absolute Gasteiger partial charge is 0.469 e. The molecule has 25 heavy (non-hydrogen) atoms. The van der Waals surface area contributed by atoms with Crippen LogP contribution >= 0.6 is 0 Å². The van der Waals surface area contributed by atoms with Crippen LogP contribution in [-0.4, -0.2) is 29.9 Å². The third-order valence-electron chi connectivity index (χ3n) is 4.28. The zero-order valence-electron chi connectivity index (χ0n) is 14.1. The number of aryl methyl sites for hydroxylation is 1. The summed E-state index contributed by atoms with van der Waals surface area (Å²) in [4.78, 5) is 26.1. The van der Waals surface area contributed by atoms with Crippen molar-refractivity contribution in [2.24, 2.45) is 5.92 Å². The standard InChI is InChI=1S/C18H20FN3O3/c1-11-5-7-22(10-11)18(24)20-13-3-4-15(19)16(9-13)21-17(23)14-6-8-25-12(14)2/h3-4,6,8-9,11H,5,7,10H2,1-2H3,(H,20,24)(H,21,23). The van der Waals surface area contributed by atoms with Crippen molar-refractivity contribution in [2.45, 2.75) is 20.3 Å². The molecule has 3 amide bonds. The van der Waals surface area contributed by atoms with Crippen LogP contribution in [0.3, 0.4) is 0 Å². The highest BCUT2D eigenvalue weighted by Crippen LogP contribution is 2.22. The van der Waals surface area contributed by atoms with E-state index in [0.29, 0.717) is 36.0 Å². The molecule has 1 unspecified atom stereocenters. The fourth-order valence-corrected chi connectivity index (χ4v) is 2.83. The number of benzene rings is 1. The van der Waals surface area contributed by atoms with E-state index >= 15 is 0 Å². The molecular weight excluding hydrogens is 325 g/mol. The third-order valence-corrected chi connectivity index (χ3v) is 4.28. The molecule has 0 radical (unpaired) electrons. The number of likely N-dealkylation sites (tertiary alicyclic amines) is 1. The number of hydrogen-bond donors (Lipinski definition) is 2. The Balaban J connectivity index is 1.71. The van der Waals surface area contributed by atoms with Crippen molar-refractivity contribution in [1.82, 2.24) is 4.90 Å². The molecule has 0 aliphatic carbocycles. The first-order valence-electron chi connectivity index (χ1n) is 8.15. The number of amides is 3. The average Bonchev–Trinajstić information content (AvgIpc) is 3.19. The molecule has 1 aliphatic heterocycles. The van der Waals surface area contributed by atoms with Crippen LogP contribution in [0, 0.1) is 18.7 Å². The number of anilines is 2. The number of nitrogens with one attached hydrogen (secondary N) is 2. The van der Waals surface area contributed by atoms with Crippen LogP contribution in [0.4, 0.5) is 20.6 Å². The van der Waals surface area contributed by atoms with Crippen molar-refractivity contribution in [3.05, 3.63) is 47.7 Å². The van der Waals surface area contributed by atoms with Crippen molar-refractivity contribution in [1.29, 1.82) is 0 Å². The molecule has 132 valence electrons. The summed E-state index contributed by atoms with van der Waals surface area (Å²) in [6.45, 7) is 5.16. The lowest BCUT2D eigenvalue weighted by Crippen LogP contribution is -2.32. The number of carbonyl (C=O) groups is 2. The van der Waals surface area contributed by atoms with Crippen LogP contribution in [0.2, 0.25) is 0 Å². The molecule has 1 aromatic heterocycles. The summed E-state index contributed by atoms with van der Waals surface area (Å²) in [6, 6.07) is 5.37. The molecule has 3 rings (SSSR count). The van der Waals surface area contributed by atoms with Crippen LogP contribution in [0.1, 0.15) is 29.5 Å². The minimum atomic E-state index is -0.581. The number of urea groups is 1. The number of halogens is 1. The van der Waals surface area contributed by atoms with Gasteiger partial charge in [-0.15, -0.1) is 0 Å². The average molecular weight is 345 g/mol. The number of hydrogen-bond acceptors (Lipinski definition) is 3. The Kier molecular flexibility index (Phi) is 4.74. The van der Waals surface area contributed by atoms with E-state index in [1.807, 2.05) is 0 Å². The number of carbonyl (C=O) groups excluding carboxylic acids is 2. The van der Waals surface area contributed by atoms with Gasteiger partial charge in [-0.1, -0.05) is 6.92 Å². The second kappa shape index (κ2) is 6.96. The summed E-state index contributed by atoms with van der Waals surface area (Å²) in [7, 11) is 0. The van der Waals surface area contributed by atoms with Gasteiger partial charge in [-0.3, -0.25) is 4.79 Å². The monoisotopic (exact) mass is 345 g/mol. The van der Waals surface area contributed by atoms with Crippen molar-refractivity contribution in [3.63, 3.8) is 0 Å². The number of rotatable bonds is 3. The smallest absolute Gasteiger partial charge is 0.321 e. The van der Waals surface area contributed by atoms with Gasteiger partial charge in [-0.05, 0) is 43.5 Å². The maximum Gasteiger partial charge on any atom is 0.321 e. The summed E-state index contributed by atoms with van der Waals surface area (Å²) >= 11 is 0. The lowest BCUT2D eigenvalue weighted by Gasteiger charge is -2.17. The van der Waals surface area contributed by atoms with Crippen molar-refractivity contribution in [3.8, 4) is 0 Å². The molecule has 0 bridgehead atoms. The van der Waals surface area contributed by atoms with Crippen LogP contribution in [-0.2, 0) is 0 Å². The van der Waals surface area contributed by atoms with Gasteiger partial charge in [0.05, 0.1) is 17.5 Å². The first-order chi connectivity index (χ1) is 11.9. The van der Waals surface area contributed by atoms with Gasteiger partial charge >= 0.3 is 6.03 Å². The van der Waals surface area contributed by atoms with Crippen LogP contribution < -0.4 is 10.6 Å². The topological polar surface area (TPSA) is 74.6 Å². The number of nitrogens with zero attached hydrogens (tertiary/aromatic N) is 1. The Morgan fingerprint density at radius 2 is 2.08 bits per heavy atom. The van der Waals surface area contributed by atoms with Crippen molar-refractivity contribution in [2.75, 3.05) is 23.7 Å². The van der Waals surface area contributed by atoms with Gasteiger partial charge in [0.25, 0.3) is 5.91 Å². The van der Waals surface area contributed by atoms with Crippen LogP contribution in [0.15, 0.2) is 34.9 Å². The van der Waals surface area contributed by atoms with Crippen molar-refractivity contribution >= 4 is 23.3 Å². The molecular formula is C18H20FN3O3. The second-order valence-electron chi connectivity index (χ2n) is 6.31. The molecule has 1 atom stereocenters. The second-order valence-corrected chi connectivity index (χ2v) is 6.31. The normalized spacial score (nSPS) is 16.8. The minimum Gasteiger partial charge on any atom is -0.469 e. The van der Waals surface area contributed by atoms with Crippen LogP contribution in [0.5, 0.6) is 0 Å². The van der Waals surface area contributed by atoms with Gasteiger partial charge in [0.1, 0.15) is 11.6 Å². The fraction of sp³-hybridized carbons (Fsp3) is 0.333. The Morgan fingerprint density at radius 1 is 1.28 bits per heavy atom. The first-order valence-corrected chi connectivity index (χ1v) is 8.15. The first kappa shape index (κ1) is 17.0. The van der Waals surface area contributed by atoms with Crippen LogP contribution in [0.25, 0.3) is 0 Å². The zero-order chi connectivity index (χ0) is 18.0. The third kappa shape index (κ3) is 3.81. The Labute approximate surface area is 145 Å². The lowest BCUT2D eigenvalue weighted by atomic mass is 10.2. The maximum atomic E-state index is 14.0. The molecule has 0 spiro atoms. The SMILES string of the molecule is Cc1occc1C(=O)Nc1cc(NC(=O)N2CCC(C)C2)ccc1F. The summed E-state index contributed by atoms with van der Waals surface area (Å²) < 4.78 is 19.1. The fourth-order valence-electron chi connectivity index (χ4n) is 2.83. The molecule has 2 heterocycles. The van der Waals surface area contributed by atoms with E-state index in [1.54, 1.807) is 11.8 Å². The van der Waals surface area contributed by atoms with Gasteiger partial charge in [0.2, 0.25) is 0 Å². The molecule has 2 aromatic rings. The van der Waals surface area contributed by atoms with E-state index in [9.17, 15) is 14.0 Å². The van der Waals surface area contributed by atoms with Gasteiger partial charge in [0.15, 0.2) is 0 Å². The van der Waals surface area contributed by atoms with E-state index in [1.165, 1.54) is 30.5 Å². The highest BCUT2D eigenvalue weighted by molar-refractivity contribution is 6.05. The summed E-state index contributed by atoms with van der Waals surface area (Å²) in [5, 5.41) is 5.25. The molecule has 1 aliphatic rings. The minimum absolute atomic E-state index is 0.00168. The molecule has 2 N–H and O–H groups in total. The Morgan fingerprint density at radius 3 is 2.72 bits per heavy atom. The van der Waals surface area contributed by atoms with E-state index in [-0.39, 0.29) is 11.7 Å². The van der Waals surface area contributed by atoms with E-state index < -0.39 is 11.7 Å². The van der Waals surface area contributed by atoms with E-state index in [2.05, 4.69) is 17.6 Å². The molecule has 0 saturated carbocycles. The molecule has 1 aromatic carbocycles. The van der Waals surface area contributed by atoms with E-state index in [4.69, 9.17) is 4.42 Å². The van der Waals surface area contributed by atoms with E-state index in [0.717, 1.165) is 6.42 Å². The molecule has 1 saturated heterocycles.